The zero-order valence-electron chi connectivity index (χ0n) is 19.7. The van der Waals surface area contributed by atoms with Gasteiger partial charge in [-0.3, -0.25) is 10.1 Å². The number of hydrogen-bond acceptors (Lipinski definition) is 7. The van der Waals surface area contributed by atoms with Crippen LogP contribution < -0.4 is 5.32 Å². The van der Waals surface area contributed by atoms with E-state index >= 15 is 0 Å². The van der Waals surface area contributed by atoms with Crippen molar-refractivity contribution in [2.75, 3.05) is 19.5 Å². The van der Waals surface area contributed by atoms with E-state index in [2.05, 4.69) is 15.5 Å². The average molecular weight is 487 g/mol. The van der Waals surface area contributed by atoms with Crippen LogP contribution in [0.5, 0.6) is 0 Å². The molecular formula is C24H30N4O5S. The van der Waals surface area contributed by atoms with Crippen molar-refractivity contribution >= 4 is 27.5 Å². The van der Waals surface area contributed by atoms with Gasteiger partial charge in [-0.05, 0) is 44.0 Å². The monoisotopic (exact) mass is 486 g/mol. The summed E-state index contributed by atoms with van der Waals surface area (Å²) in [6.07, 6.45) is 11.2. The van der Waals surface area contributed by atoms with Gasteiger partial charge >= 0.3 is 6.01 Å². The summed E-state index contributed by atoms with van der Waals surface area (Å²) in [7, 11) is -0.355. The number of carbonyl (C=O) groups excluding carboxylic acids is 1. The highest BCUT2D eigenvalue weighted by molar-refractivity contribution is 7.89. The van der Waals surface area contributed by atoms with Gasteiger partial charge in [-0.1, -0.05) is 42.6 Å². The molecule has 1 aromatic carbocycles. The highest BCUT2D eigenvalue weighted by Gasteiger charge is 2.30. The van der Waals surface area contributed by atoms with Gasteiger partial charge < -0.3 is 9.15 Å². The van der Waals surface area contributed by atoms with Crippen molar-refractivity contribution in [3.63, 3.8) is 0 Å². The number of methoxy groups -OCH3 is 1. The number of aromatic nitrogens is 2. The van der Waals surface area contributed by atoms with Crippen LogP contribution in [-0.4, -0.2) is 54.6 Å². The first-order valence-corrected chi connectivity index (χ1v) is 12.8. The fourth-order valence-electron chi connectivity index (χ4n) is 4.31. The number of hydrogen-bond donors (Lipinski definition) is 1. The van der Waals surface area contributed by atoms with Gasteiger partial charge in [-0.25, -0.2) is 8.42 Å². The number of nitrogens with zero attached hydrogens (tertiary/aromatic N) is 3. The van der Waals surface area contributed by atoms with Crippen LogP contribution in [0.4, 0.5) is 6.01 Å². The minimum absolute atomic E-state index is 0.0185. The van der Waals surface area contributed by atoms with Gasteiger partial charge in [0.05, 0.1) is 10.5 Å². The maximum Gasteiger partial charge on any atom is 0.322 e. The van der Waals surface area contributed by atoms with Crippen molar-refractivity contribution in [3.8, 4) is 0 Å². The fraction of sp³-hybridized carbons (Fsp3) is 0.458. The van der Waals surface area contributed by atoms with Gasteiger partial charge in [0, 0.05) is 37.8 Å². The quantitative estimate of drug-likeness (QED) is 0.628. The SMILES string of the molecule is COC1(C)C=CC=C(c2nnc(NC(=O)c3ccc(S(=O)(=O)N(C)C4CCCCC4)cc3)o2)C1. The smallest absolute Gasteiger partial charge is 0.322 e. The van der Waals surface area contributed by atoms with Crippen molar-refractivity contribution in [1.29, 1.82) is 0 Å². The lowest BCUT2D eigenvalue weighted by atomic mass is 9.91. The van der Waals surface area contributed by atoms with Gasteiger partial charge in [0.15, 0.2) is 0 Å². The summed E-state index contributed by atoms with van der Waals surface area (Å²) in [6, 6.07) is 5.84. The molecule has 34 heavy (non-hydrogen) atoms. The summed E-state index contributed by atoms with van der Waals surface area (Å²) < 4.78 is 38.6. The van der Waals surface area contributed by atoms with E-state index in [4.69, 9.17) is 9.15 Å². The first-order chi connectivity index (χ1) is 16.2. The standard InChI is InChI=1S/C24H30N4O5S/c1-24(32-3)15-7-8-18(16-24)22-26-27-23(33-22)25-21(29)17-11-13-20(14-12-17)34(30,31)28(2)19-9-5-4-6-10-19/h7-8,11-15,19H,4-6,9-10,16H2,1-3H3,(H,25,27,29). The molecular weight excluding hydrogens is 456 g/mol. The predicted octanol–water partition coefficient (Wildman–Crippen LogP) is 4.02. The molecule has 1 heterocycles. The highest BCUT2D eigenvalue weighted by Crippen LogP contribution is 2.32. The molecule has 2 aliphatic carbocycles. The molecule has 182 valence electrons. The van der Waals surface area contributed by atoms with Crippen molar-refractivity contribution < 1.29 is 22.4 Å². The number of benzene rings is 1. The zero-order chi connectivity index (χ0) is 24.3. The molecule has 1 fully saturated rings. The van der Waals surface area contributed by atoms with Gasteiger partial charge in [0.1, 0.15) is 0 Å². The second kappa shape index (κ2) is 9.81. The molecule has 1 aromatic heterocycles. The van der Waals surface area contributed by atoms with Crippen LogP contribution in [0.15, 0.2) is 51.8 Å². The van der Waals surface area contributed by atoms with Crippen LogP contribution in [0.25, 0.3) is 5.57 Å². The molecule has 4 rings (SSSR count). The fourth-order valence-corrected chi connectivity index (χ4v) is 5.73. The van der Waals surface area contributed by atoms with Crippen molar-refractivity contribution in [3.05, 3.63) is 53.9 Å². The molecule has 0 spiro atoms. The molecule has 0 bridgehead atoms. The number of nitrogens with one attached hydrogen (secondary N) is 1. The molecule has 2 aromatic rings. The summed E-state index contributed by atoms with van der Waals surface area (Å²) in [5.41, 5.74) is 0.622. The number of ether oxygens (including phenoxy) is 1. The molecule has 0 saturated heterocycles. The van der Waals surface area contributed by atoms with Gasteiger partial charge in [-0.2, -0.15) is 4.31 Å². The van der Waals surface area contributed by atoms with Crippen molar-refractivity contribution in [1.82, 2.24) is 14.5 Å². The minimum atomic E-state index is -3.62. The molecule has 1 atom stereocenters. The molecule has 9 nitrogen and oxygen atoms in total. The number of carbonyl (C=O) groups is 1. The Morgan fingerprint density at radius 2 is 1.88 bits per heavy atom. The Kier molecular flexibility index (Phi) is 7.01. The Balaban J connectivity index is 1.42. The Labute approximate surface area is 199 Å². The summed E-state index contributed by atoms with van der Waals surface area (Å²) >= 11 is 0. The summed E-state index contributed by atoms with van der Waals surface area (Å²) in [6.45, 7) is 1.95. The Morgan fingerprint density at radius 1 is 1.18 bits per heavy atom. The third kappa shape index (κ3) is 5.13. The second-order valence-electron chi connectivity index (χ2n) is 8.95. The lowest BCUT2D eigenvalue weighted by Crippen LogP contribution is -2.38. The molecule has 0 radical (unpaired) electrons. The Morgan fingerprint density at radius 3 is 2.56 bits per heavy atom. The number of sulfonamides is 1. The first-order valence-electron chi connectivity index (χ1n) is 11.4. The van der Waals surface area contributed by atoms with Crippen molar-refractivity contribution in [2.24, 2.45) is 0 Å². The number of allylic oxidation sites excluding steroid dienone is 2. The van der Waals surface area contributed by atoms with E-state index in [1.165, 1.54) is 28.6 Å². The van der Waals surface area contributed by atoms with E-state index in [0.717, 1.165) is 37.7 Å². The molecule has 10 heteroatoms. The summed E-state index contributed by atoms with van der Waals surface area (Å²) in [4.78, 5) is 12.8. The first kappa shape index (κ1) is 24.3. The third-order valence-electron chi connectivity index (χ3n) is 6.56. The Bertz CT molecular complexity index is 1200. The van der Waals surface area contributed by atoms with Crippen molar-refractivity contribution in [2.45, 2.75) is 62.0 Å². The van der Waals surface area contributed by atoms with E-state index in [1.54, 1.807) is 14.2 Å². The van der Waals surface area contributed by atoms with E-state index in [0.29, 0.717) is 12.3 Å². The maximum absolute atomic E-state index is 13.0. The normalized spacial score (nSPS) is 21.5. The predicted molar refractivity (Wildman–Crippen MR) is 128 cm³/mol. The lowest BCUT2D eigenvalue weighted by molar-refractivity contribution is 0.0522. The number of amides is 1. The second-order valence-corrected chi connectivity index (χ2v) is 10.9. The van der Waals surface area contributed by atoms with Gasteiger partial charge in [-0.15, -0.1) is 5.10 Å². The topological polar surface area (TPSA) is 115 Å². The van der Waals surface area contributed by atoms with Gasteiger partial charge in [0.2, 0.25) is 15.9 Å². The van der Waals surface area contributed by atoms with Crippen LogP contribution in [-0.2, 0) is 14.8 Å². The molecule has 1 N–H and O–H groups in total. The van der Waals surface area contributed by atoms with Crippen LogP contribution in [0.2, 0.25) is 0 Å². The summed E-state index contributed by atoms with van der Waals surface area (Å²) in [5, 5.41) is 10.5. The van der Waals surface area contributed by atoms with E-state index in [-0.39, 0.29) is 22.5 Å². The highest BCUT2D eigenvalue weighted by atomic mass is 32.2. The average Bonchev–Trinajstić information content (AvgIpc) is 3.32. The lowest BCUT2D eigenvalue weighted by Gasteiger charge is -2.30. The minimum Gasteiger partial charge on any atom is -0.403 e. The van der Waals surface area contributed by atoms with Crippen LogP contribution in [0.1, 0.15) is 61.7 Å². The molecule has 1 amide bonds. The van der Waals surface area contributed by atoms with E-state index in [1.807, 2.05) is 25.2 Å². The molecule has 0 aliphatic heterocycles. The largest absolute Gasteiger partial charge is 0.403 e. The number of rotatable bonds is 7. The van der Waals surface area contributed by atoms with Crippen LogP contribution in [0.3, 0.4) is 0 Å². The summed E-state index contributed by atoms with van der Waals surface area (Å²) in [5.74, 6) is -0.172. The molecule has 1 unspecified atom stereocenters. The molecule has 2 aliphatic rings. The van der Waals surface area contributed by atoms with E-state index < -0.39 is 21.5 Å². The van der Waals surface area contributed by atoms with Gasteiger partial charge in [0.25, 0.3) is 5.91 Å². The van der Waals surface area contributed by atoms with E-state index in [9.17, 15) is 13.2 Å². The Hall–Kier alpha value is -2.82. The number of anilines is 1. The maximum atomic E-state index is 13.0. The molecule has 1 saturated carbocycles. The third-order valence-corrected chi connectivity index (χ3v) is 8.48. The zero-order valence-corrected chi connectivity index (χ0v) is 20.5. The van der Waals surface area contributed by atoms with Crippen LogP contribution >= 0.6 is 0 Å². The van der Waals surface area contributed by atoms with Crippen LogP contribution in [0, 0.1) is 0 Å².